The van der Waals surface area contributed by atoms with E-state index in [0.29, 0.717) is 14.4 Å². The number of hydrogen-bond donors (Lipinski definition) is 4. The molecule has 5 atom stereocenters. The van der Waals surface area contributed by atoms with Gasteiger partial charge in [-0.05, 0) is 34.1 Å². The van der Waals surface area contributed by atoms with E-state index in [9.17, 15) is 46.4 Å². The number of fused-ring (bicyclic) bond motifs is 1. The summed E-state index contributed by atoms with van der Waals surface area (Å²) in [5.41, 5.74) is -0.470. The van der Waals surface area contributed by atoms with Crippen LogP contribution in [0.3, 0.4) is 0 Å². The molecule has 16 nitrogen and oxygen atoms in total. The normalized spacial score (nSPS) is 24.5. The van der Waals surface area contributed by atoms with Crippen molar-refractivity contribution < 1.29 is 55.9 Å². The summed E-state index contributed by atoms with van der Waals surface area (Å²) in [6.45, 7) is -0.746. The number of aliphatic hydroxyl groups excluding tert-OH is 3. The number of carboxylic acids is 1. The van der Waals surface area contributed by atoms with Gasteiger partial charge in [-0.1, -0.05) is 0 Å². The van der Waals surface area contributed by atoms with Crippen LogP contribution < -0.4 is 0 Å². The van der Waals surface area contributed by atoms with E-state index in [1.165, 1.54) is 20.2 Å². The van der Waals surface area contributed by atoms with E-state index in [4.69, 9.17) is 9.47 Å². The lowest BCUT2D eigenvalue weighted by atomic mass is 9.99. The largest absolute Gasteiger partial charge is 0.479 e. The maximum Gasteiger partial charge on any atom is 0.335 e. The van der Waals surface area contributed by atoms with Crippen molar-refractivity contribution in [3.8, 4) is 0 Å². The minimum atomic E-state index is -4.84. The molecule has 214 valence electrons. The highest BCUT2D eigenvalue weighted by molar-refractivity contribution is 9.10. The van der Waals surface area contributed by atoms with Gasteiger partial charge < -0.3 is 29.9 Å². The van der Waals surface area contributed by atoms with Crippen molar-refractivity contribution in [3.05, 3.63) is 40.5 Å². The Bertz CT molecular complexity index is 1640. The average molecular weight is 658 g/mol. The van der Waals surface area contributed by atoms with Crippen LogP contribution in [0.1, 0.15) is 5.69 Å². The standard InChI is InChI=1S/C19H21BrFN5O11S2/c1-24(2)39(34,35)25-7-22-19(23-25)38(32,33)26-10-5-8(21)3-4-9(10)12(20)11(26)6-36-18-15(29)13(27)14(28)16(37-18)17(30)31/h3-5,7,13-16,18,27-29H,6H2,1-2H3,(H,30,31)/t13-,14-,15+,16-,18+/m0/s1. The zero-order chi connectivity index (χ0) is 29.0. The van der Waals surface area contributed by atoms with Gasteiger partial charge in [-0.2, -0.15) is 21.1 Å². The van der Waals surface area contributed by atoms with Crippen LogP contribution in [0.25, 0.3) is 10.9 Å². The SMILES string of the molecule is CN(C)S(=O)(=O)n1cnc(S(=O)(=O)n2c(CO[C@@H]3O[C@H](C(=O)O)[C@@H](O)[C@H](O)[C@H]3O)c(Br)c3ccc(F)cc32)n1. The van der Waals surface area contributed by atoms with Crippen molar-refractivity contribution in [2.24, 2.45) is 0 Å². The fraction of sp³-hybridized carbons (Fsp3) is 0.421. The van der Waals surface area contributed by atoms with E-state index >= 15 is 0 Å². The highest BCUT2D eigenvalue weighted by Gasteiger charge is 2.47. The summed E-state index contributed by atoms with van der Waals surface area (Å²) in [7, 11) is -6.70. The molecule has 0 unspecified atom stereocenters. The van der Waals surface area contributed by atoms with Gasteiger partial charge in [0.1, 0.15) is 30.5 Å². The summed E-state index contributed by atoms with van der Waals surface area (Å²) in [5, 5.41) is 42.1. The van der Waals surface area contributed by atoms with Gasteiger partial charge in [-0.3, -0.25) is 0 Å². The lowest BCUT2D eigenvalue weighted by Gasteiger charge is -2.38. The van der Waals surface area contributed by atoms with E-state index in [1.54, 1.807) is 0 Å². The second-order valence-electron chi connectivity index (χ2n) is 8.43. The van der Waals surface area contributed by atoms with E-state index in [-0.39, 0.29) is 21.1 Å². The molecule has 0 radical (unpaired) electrons. The molecule has 1 aliphatic heterocycles. The number of rotatable bonds is 8. The molecule has 4 N–H and O–H groups in total. The van der Waals surface area contributed by atoms with Gasteiger partial charge in [0.25, 0.3) is 5.16 Å². The number of nitrogens with zero attached hydrogens (tertiary/aromatic N) is 5. The summed E-state index contributed by atoms with van der Waals surface area (Å²) in [4.78, 5) is 15.0. The van der Waals surface area contributed by atoms with Gasteiger partial charge >= 0.3 is 26.2 Å². The van der Waals surface area contributed by atoms with Crippen LogP contribution in [0.4, 0.5) is 4.39 Å². The molecule has 1 saturated heterocycles. The Hall–Kier alpha value is -2.56. The third-order valence-electron chi connectivity index (χ3n) is 5.73. The molecule has 0 spiro atoms. The first-order chi connectivity index (χ1) is 18.1. The first-order valence-electron chi connectivity index (χ1n) is 10.7. The van der Waals surface area contributed by atoms with Crippen LogP contribution >= 0.6 is 15.9 Å². The molecule has 2 aromatic heterocycles. The van der Waals surface area contributed by atoms with Crippen LogP contribution in [-0.4, -0.2) is 110 Å². The molecule has 1 fully saturated rings. The Morgan fingerprint density at radius 2 is 1.85 bits per heavy atom. The quantitative estimate of drug-likeness (QED) is 0.215. The molecule has 39 heavy (non-hydrogen) atoms. The van der Waals surface area contributed by atoms with Crippen molar-refractivity contribution in [1.82, 2.24) is 22.4 Å². The number of hydrogen-bond acceptors (Lipinski definition) is 12. The van der Waals surface area contributed by atoms with Gasteiger partial charge in [0.05, 0.1) is 17.8 Å². The highest BCUT2D eigenvalue weighted by Crippen LogP contribution is 2.35. The maximum absolute atomic E-state index is 14.2. The fourth-order valence-electron chi connectivity index (χ4n) is 3.71. The first kappa shape index (κ1) is 29.4. The Balaban J connectivity index is 1.79. The number of aromatic nitrogens is 4. The molecule has 0 saturated carbocycles. The second-order valence-corrected chi connectivity index (χ2v) is 12.9. The minimum absolute atomic E-state index is 0.0714. The van der Waals surface area contributed by atoms with Gasteiger partial charge in [0.2, 0.25) is 0 Å². The lowest BCUT2D eigenvalue weighted by Crippen LogP contribution is -2.60. The number of aliphatic carboxylic acids is 1. The Labute approximate surface area is 228 Å². The molecular weight excluding hydrogens is 637 g/mol. The van der Waals surface area contributed by atoms with Gasteiger partial charge in [0.15, 0.2) is 12.4 Å². The predicted molar refractivity (Wildman–Crippen MR) is 129 cm³/mol. The van der Waals surface area contributed by atoms with Gasteiger partial charge in [-0.15, -0.1) is 9.19 Å². The van der Waals surface area contributed by atoms with Crippen molar-refractivity contribution in [1.29, 1.82) is 0 Å². The third-order valence-corrected chi connectivity index (χ3v) is 9.73. The molecule has 3 heterocycles. The van der Waals surface area contributed by atoms with E-state index in [1.807, 2.05) is 0 Å². The molecule has 4 rings (SSSR count). The highest BCUT2D eigenvalue weighted by atomic mass is 79.9. The van der Waals surface area contributed by atoms with Crippen LogP contribution in [0.5, 0.6) is 0 Å². The van der Waals surface area contributed by atoms with Gasteiger partial charge in [-0.25, -0.2) is 18.1 Å². The third kappa shape index (κ3) is 5.07. The molecule has 0 bridgehead atoms. The van der Waals surface area contributed by atoms with E-state index < -0.39 is 74.5 Å². The van der Waals surface area contributed by atoms with Crippen LogP contribution in [0.2, 0.25) is 0 Å². The monoisotopic (exact) mass is 657 g/mol. The van der Waals surface area contributed by atoms with Crippen LogP contribution in [0.15, 0.2) is 34.2 Å². The lowest BCUT2D eigenvalue weighted by molar-refractivity contribution is -0.297. The first-order valence-corrected chi connectivity index (χ1v) is 14.3. The molecule has 3 aromatic rings. The summed E-state index contributed by atoms with van der Waals surface area (Å²) in [6, 6.07) is 3.18. The van der Waals surface area contributed by atoms with Crippen molar-refractivity contribution in [2.75, 3.05) is 14.1 Å². The Morgan fingerprint density at radius 1 is 1.18 bits per heavy atom. The zero-order valence-electron chi connectivity index (χ0n) is 19.9. The number of benzene rings is 1. The number of aliphatic hydroxyl groups is 3. The van der Waals surface area contributed by atoms with Crippen LogP contribution in [-0.2, 0) is 41.1 Å². The summed E-state index contributed by atoms with van der Waals surface area (Å²) >= 11 is 3.22. The van der Waals surface area contributed by atoms with E-state index in [2.05, 4.69) is 26.0 Å². The molecular formula is C19H21BrFN5O11S2. The average Bonchev–Trinajstić information content (AvgIpc) is 3.46. The minimum Gasteiger partial charge on any atom is -0.479 e. The Morgan fingerprint density at radius 3 is 2.46 bits per heavy atom. The second kappa shape index (κ2) is 10.4. The van der Waals surface area contributed by atoms with Crippen molar-refractivity contribution >= 4 is 53.0 Å². The molecule has 1 aliphatic rings. The Kier molecular flexibility index (Phi) is 7.88. The predicted octanol–water partition coefficient (Wildman–Crippen LogP) is -1.57. The summed E-state index contributed by atoms with van der Waals surface area (Å²) in [5.74, 6) is -2.48. The smallest absolute Gasteiger partial charge is 0.335 e. The van der Waals surface area contributed by atoms with E-state index in [0.717, 1.165) is 16.4 Å². The topological polar surface area (TPSA) is 224 Å². The number of halogens is 2. The summed E-state index contributed by atoms with van der Waals surface area (Å²) < 4.78 is 78.4. The zero-order valence-corrected chi connectivity index (χ0v) is 23.1. The maximum atomic E-state index is 14.2. The van der Waals surface area contributed by atoms with Crippen molar-refractivity contribution in [3.63, 3.8) is 0 Å². The molecule has 1 aromatic carbocycles. The number of carboxylic acid groups (broad SMARTS) is 1. The van der Waals surface area contributed by atoms with Crippen molar-refractivity contribution in [2.45, 2.75) is 42.5 Å². The van der Waals surface area contributed by atoms with Crippen LogP contribution in [0, 0.1) is 5.82 Å². The van der Waals surface area contributed by atoms with Gasteiger partial charge in [0, 0.05) is 24.0 Å². The number of ether oxygens (including phenoxy) is 2. The molecule has 20 heteroatoms. The fourth-order valence-corrected chi connectivity index (χ4v) is 6.57. The summed E-state index contributed by atoms with van der Waals surface area (Å²) in [6.07, 6.45) is -9.07. The molecule has 0 aliphatic carbocycles. The number of carbonyl (C=O) groups is 1. The molecule has 0 amide bonds.